The van der Waals surface area contributed by atoms with E-state index in [-0.39, 0.29) is 5.91 Å². The Morgan fingerprint density at radius 2 is 1.83 bits per heavy atom. The van der Waals surface area contributed by atoms with Crippen LogP contribution in [0.4, 0.5) is 0 Å². The molecule has 5 heteroatoms. The van der Waals surface area contributed by atoms with Gasteiger partial charge in [0, 0.05) is 18.5 Å². The molecule has 150 valence electrons. The van der Waals surface area contributed by atoms with Crippen LogP contribution in [0.25, 0.3) is 11.7 Å². The van der Waals surface area contributed by atoms with Gasteiger partial charge >= 0.3 is 0 Å². The van der Waals surface area contributed by atoms with Gasteiger partial charge in [-0.2, -0.15) is 0 Å². The van der Waals surface area contributed by atoms with E-state index in [9.17, 15) is 4.79 Å². The first-order chi connectivity index (χ1) is 14.7. The molecule has 0 saturated carbocycles. The molecular formula is C25H23N3O2. The summed E-state index contributed by atoms with van der Waals surface area (Å²) < 4.78 is 7.75. The van der Waals surface area contributed by atoms with E-state index in [1.165, 1.54) is 6.08 Å². The maximum absolute atomic E-state index is 12.1. The van der Waals surface area contributed by atoms with Gasteiger partial charge in [-0.25, -0.2) is 4.98 Å². The second kappa shape index (κ2) is 9.09. The summed E-state index contributed by atoms with van der Waals surface area (Å²) in [5, 5.41) is 2.87. The summed E-state index contributed by atoms with van der Waals surface area (Å²) >= 11 is 0. The van der Waals surface area contributed by atoms with Crippen molar-refractivity contribution >= 4 is 17.6 Å². The first-order valence-electron chi connectivity index (χ1n) is 9.83. The highest BCUT2D eigenvalue weighted by atomic mass is 16.5. The van der Waals surface area contributed by atoms with E-state index in [0.717, 1.165) is 33.8 Å². The Labute approximate surface area is 175 Å². The number of rotatable bonds is 7. The van der Waals surface area contributed by atoms with Crippen molar-refractivity contribution in [2.75, 3.05) is 0 Å². The number of pyridine rings is 1. The van der Waals surface area contributed by atoms with Crippen molar-refractivity contribution in [2.45, 2.75) is 20.1 Å². The summed E-state index contributed by atoms with van der Waals surface area (Å²) in [6.07, 6.45) is 7.25. The van der Waals surface area contributed by atoms with E-state index in [1.807, 2.05) is 90.4 Å². The van der Waals surface area contributed by atoms with Crippen LogP contribution in [0.2, 0.25) is 0 Å². The van der Waals surface area contributed by atoms with Crippen LogP contribution in [-0.4, -0.2) is 15.3 Å². The number of benzene rings is 2. The van der Waals surface area contributed by atoms with Crippen molar-refractivity contribution in [3.05, 3.63) is 108 Å². The minimum atomic E-state index is -0.160. The van der Waals surface area contributed by atoms with Crippen molar-refractivity contribution < 1.29 is 9.53 Å². The first-order valence-corrected chi connectivity index (χ1v) is 9.83. The third-order valence-corrected chi connectivity index (χ3v) is 4.65. The Kier molecular flexibility index (Phi) is 5.90. The van der Waals surface area contributed by atoms with E-state index in [0.29, 0.717) is 13.2 Å². The fraction of sp³-hybridized carbons (Fsp3) is 0.120. The molecule has 1 N–H and O–H groups in total. The van der Waals surface area contributed by atoms with Crippen molar-refractivity contribution in [1.29, 1.82) is 0 Å². The standard InChI is InChI=1S/C25H23N3O2/c1-19-7-13-24-27-22(17-28(24)16-19)15-26-25(29)14-10-20-8-11-23(12-9-20)30-18-21-5-3-2-4-6-21/h2-14,16-17H,15,18H2,1H3,(H,26,29)/b14-10+. The quantitative estimate of drug-likeness (QED) is 0.466. The molecule has 0 aliphatic heterocycles. The fourth-order valence-corrected chi connectivity index (χ4v) is 3.07. The number of aromatic nitrogens is 2. The Morgan fingerprint density at radius 1 is 1.03 bits per heavy atom. The molecule has 0 saturated heterocycles. The van der Waals surface area contributed by atoms with Gasteiger partial charge in [-0.15, -0.1) is 0 Å². The Morgan fingerprint density at radius 3 is 2.63 bits per heavy atom. The summed E-state index contributed by atoms with van der Waals surface area (Å²) in [6.45, 7) is 2.95. The highest BCUT2D eigenvalue weighted by Gasteiger charge is 2.03. The van der Waals surface area contributed by atoms with E-state index >= 15 is 0 Å². The predicted octanol–water partition coefficient (Wildman–Crippen LogP) is 4.55. The molecule has 4 aromatic rings. The van der Waals surface area contributed by atoms with Crippen LogP contribution in [0.15, 0.2) is 85.2 Å². The van der Waals surface area contributed by atoms with Gasteiger partial charge in [-0.3, -0.25) is 4.79 Å². The maximum Gasteiger partial charge on any atom is 0.244 e. The Bertz CT molecular complexity index is 1160. The number of hydrogen-bond donors (Lipinski definition) is 1. The summed E-state index contributed by atoms with van der Waals surface area (Å²) in [6, 6.07) is 21.7. The van der Waals surface area contributed by atoms with E-state index < -0.39 is 0 Å². The molecular weight excluding hydrogens is 374 g/mol. The minimum Gasteiger partial charge on any atom is -0.489 e. The summed E-state index contributed by atoms with van der Waals surface area (Å²) in [5.41, 5.74) is 4.91. The molecule has 2 heterocycles. The molecule has 0 aliphatic rings. The maximum atomic E-state index is 12.1. The molecule has 30 heavy (non-hydrogen) atoms. The number of hydrogen-bond acceptors (Lipinski definition) is 3. The summed E-state index contributed by atoms with van der Waals surface area (Å²) in [5.74, 6) is 0.634. The highest BCUT2D eigenvalue weighted by molar-refractivity contribution is 5.91. The number of ether oxygens (including phenoxy) is 1. The molecule has 2 aromatic heterocycles. The Hall–Kier alpha value is -3.86. The number of imidazole rings is 1. The van der Waals surface area contributed by atoms with Crippen LogP contribution in [0.1, 0.15) is 22.4 Å². The number of fused-ring (bicyclic) bond motifs is 1. The van der Waals surface area contributed by atoms with Gasteiger partial charge < -0.3 is 14.5 Å². The molecule has 1 amide bonds. The third kappa shape index (κ3) is 5.14. The van der Waals surface area contributed by atoms with Crippen LogP contribution in [0, 0.1) is 6.92 Å². The molecule has 4 rings (SSSR count). The number of carbonyl (C=O) groups is 1. The number of carbonyl (C=O) groups excluding carboxylic acids is 1. The molecule has 0 unspecified atom stereocenters. The minimum absolute atomic E-state index is 0.160. The molecule has 5 nitrogen and oxygen atoms in total. The van der Waals surface area contributed by atoms with Crippen LogP contribution < -0.4 is 10.1 Å². The van der Waals surface area contributed by atoms with Gasteiger partial charge in [0.1, 0.15) is 18.0 Å². The number of aryl methyl sites for hydroxylation is 1. The van der Waals surface area contributed by atoms with Crippen molar-refractivity contribution in [2.24, 2.45) is 0 Å². The molecule has 0 spiro atoms. The average molecular weight is 397 g/mol. The van der Waals surface area contributed by atoms with Crippen molar-refractivity contribution in [3.8, 4) is 5.75 Å². The summed E-state index contributed by atoms with van der Waals surface area (Å²) in [4.78, 5) is 16.6. The van der Waals surface area contributed by atoms with Gasteiger partial charge in [0.2, 0.25) is 5.91 Å². The predicted molar refractivity (Wildman–Crippen MR) is 118 cm³/mol. The SMILES string of the molecule is Cc1ccc2nc(CNC(=O)/C=C/c3ccc(OCc4ccccc4)cc3)cn2c1. The smallest absolute Gasteiger partial charge is 0.244 e. The van der Waals surface area contributed by atoms with Gasteiger partial charge in [0.05, 0.1) is 12.2 Å². The van der Waals surface area contributed by atoms with Crippen molar-refractivity contribution in [3.63, 3.8) is 0 Å². The lowest BCUT2D eigenvalue weighted by atomic mass is 10.2. The molecule has 2 aromatic carbocycles. The van der Waals surface area contributed by atoms with Gasteiger partial charge in [0.25, 0.3) is 0 Å². The van der Waals surface area contributed by atoms with Gasteiger partial charge in [0.15, 0.2) is 0 Å². The molecule has 0 radical (unpaired) electrons. The Balaban J connectivity index is 1.27. The normalized spacial score (nSPS) is 11.1. The lowest BCUT2D eigenvalue weighted by Crippen LogP contribution is -2.20. The largest absolute Gasteiger partial charge is 0.489 e. The molecule has 0 fully saturated rings. The fourth-order valence-electron chi connectivity index (χ4n) is 3.07. The van der Waals surface area contributed by atoms with E-state index in [2.05, 4.69) is 10.3 Å². The first kappa shape index (κ1) is 19.5. The van der Waals surface area contributed by atoms with Gasteiger partial charge in [-0.05, 0) is 47.9 Å². The number of amides is 1. The number of nitrogens with one attached hydrogen (secondary N) is 1. The van der Waals surface area contributed by atoms with Crippen LogP contribution in [0.5, 0.6) is 5.75 Å². The molecule has 0 atom stereocenters. The van der Waals surface area contributed by atoms with Crippen molar-refractivity contribution in [1.82, 2.24) is 14.7 Å². The topological polar surface area (TPSA) is 55.6 Å². The van der Waals surface area contributed by atoms with Crippen LogP contribution in [0.3, 0.4) is 0 Å². The van der Waals surface area contributed by atoms with Crippen LogP contribution in [-0.2, 0) is 17.9 Å². The zero-order valence-electron chi connectivity index (χ0n) is 16.8. The second-order valence-corrected chi connectivity index (χ2v) is 7.10. The van der Waals surface area contributed by atoms with E-state index in [4.69, 9.17) is 4.74 Å². The second-order valence-electron chi connectivity index (χ2n) is 7.10. The van der Waals surface area contributed by atoms with Crippen LogP contribution >= 0.6 is 0 Å². The number of nitrogens with zero attached hydrogens (tertiary/aromatic N) is 2. The molecule has 0 aliphatic carbocycles. The van der Waals surface area contributed by atoms with Gasteiger partial charge in [-0.1, -0.05) is 48.5 Å². The molecule has 0 bridgehead atoms. The monoisotopic (exact) mass is 397 g/mol. The zero-order chi connectivity index (χ0) is 20.8. The lowest BCUT2D eigenvalue weighted by molar-refractivity contribution is -0.116. The lowest BCUT2D eigenvalue weighted by Gasteiger charge is -2.06. The zero-order valence-corrected chi connectivity index (χ0v) is 16.8. The summed E-state index contributed by atoms with van der Waals surface area (Å²) in [7, 11) is 0. The third-order valence-electron chi connectivity index (χ3n) is 4.65. The highest BCUT2D eigenvalue weighted by Crippen LogP contribution is 2.15. The van der Waals surface area contributed by atoms with E-state index in [1.54, 1.807) is 6.08 Å². The average Bonchev–Trinajstić information content (AvgIpc) is 3.18.